The Morgan fingerprint density at radius 3 is 1.45 bits per heavy atom. The van der Waals surface area contributed by atoms with Gasteiger partial charge >= 0.3 is 11.9 Å². The van der Waals surface area contributed by atoms with Crippen molar-refractivity contribution >= 4 is 29.0 Å². The molecule has 0 aromatic heterocycles. The summed E-state index contributed by atoms with van der Waals surface area (Å²) in [4.78, 5) is 25.2. The summed E-state index contributed by atoms with van der Waals surface area (Å²) in [5, 5.41) is 0. The van der Waals surface area contributed by atoms with Crippen molar-refractivity contribution in [3.05, 3.63) is 152 Å². The molecule has 0 radical (unpaired) electrons. The molecule has 5 aromatic rings. The van der Waals surface area contributed by atoms with Gasteiger partial charge in [0.25, 0.3) is 0 Å². The zero-order chi connectivity index (χ0) is 29.5. The monoisotopic (exact) mass is 551 g/mol. The van der Waals surface area contributed by atoms with Crippen molar-refractivity contribution in [3.8, 4) is 33.8 Å². The molecule has 0 heterocycles. The van der Waals surface area contributed by atoms with Gasteiger partial charge in [-0.3, -0.25) is 0 Å². The Hall–Kier alpha value is -5.68. The molecular weight excluding hydrogens is 522 g/mol. The number of ether oxygens (including phenoxy) is 2. The smallest absolute Gasteiger partial charge is 0.335 e. The number of rotatable bonds is 9. The SMILES string of the molecule is C=CC(=O)Oc1ccc(-c2ccc(N(c3ccc(C)cc3)c3cccc(-c4ccc(OC(=O)C=C)cc4)c3)cc2)cc1. The van der Waals surface area contributed by atoms with Crippen molar-refractivity contribution in [1.29, 1.82) is 0 Å². The van der Waals surface area contributed by atoms with Gasteiger partial charge in [-0.2, -0.15) is 0 Å². The van der Waals surface area contributed by atoms with Gasteiger partial charge in [0.1, 0.15) is 11.5 Å². The number of anilines is 3. The van der Waals surface area contributed by atoms with Gasteiger partial charge in [-0.15, -0.1) is 0 Å². The molecule has 0 saturated heterocycles. The summed E-state index contributed by atoms with van der Waals surface area (Å²) in [6.07, 6.45) is 2.28. The number of carbonyl (C=O) groups excluding carboxylic acids is 2. The van der Waals surface area contributed by atoms with E-state index in [-0.39, 0.29) is 0 Å². The molecule has 5 nitrogen and oxygen atoms in total. The Morgan fingerprint density at radius 2 is 0.976 bits per heavy atom. The molecule has 0 aliphatic carbocycles. The number of aryl methyl sites for hydroxylation is 1. The van der Waals surface area contributed by atoms with Gasteiger partial charge in [-0.1, -0.05) is 79.4 Å². The molecule has 5 heteroatoms. The van der Waals surface area contributed by atoms with E-state index in [1.54, 1.807) is 24.3 Å². The first-order chi connectivity index (χ1) is 20.4. The average molecular weight is 552 g/mol. The number of hydrogen-bond acceptors (Lipinski definition) is 5. The molecule has 5 rings (SSSR count). The van der Waals surface area contributed by atoms with Crippen LogP contribution in [0.3, 0.4) is 0 Å². The van der Waals surface area contributed by atoms with E-state index in [4.69, 9.17) is 9.47 Å². The topological polar surface area (TPSA) is 55.8 Å². The third kappa shape index (κ3) is 6.54. The second-order valence-electron chi connectivity index (χ2n) is 9.57. The predicted molar refractivity (Wildman–Crippen MR) is 168 cm³/mol. The van der Waals surface area contributed by atoms with Crippen molar-refractivity contribution in [2.45, 2.75) is 6.92 Å². The van der Waals surface area contributed by atoms with Crippen molar-refractivity contribution < 1.29 is 19.1 Å². The molecule has 0 N–H and O–H groups in total. The van der Waals surface area contributed by atoms with Gasteiger partial charge in [0.2, 0.25) is 0 Å². The first-order valence-electron chi connectivity index (χ1n) is 13.4. The van der Waals surface area contributed by atoms with Gasteiger partial charge in [0.15, 0.2) is 0 Å². The van der Waals surface area contributed by atoms with Gasteiger partial charge in [0, 0.05) is 29.2 Å². The van der Waals surface area contributed by atoms with Crippen LogP contribution >= 0.6 is 0 Å². The van der Waals surface area contributed by atoms with Gasteiger partial charge in [0.05, 0.1) is 0 Å². The van der Waals surface area contributed by atoms with Crippen molar-refractivity contribution in [3.63, 3.8) is 0 Å². The zero-order valence-corrected chi connectivity index (χ0v) is 23.2. The molecular formula is C37H29NO4. The highest BCUT2D eigenvalue weighted by molar-refractivity contribution is 5.84. The van der Waals surface area contributed by atoms with Crippen molar-refractivity contribution in [1.82, 2.24) is 0 Å². The maximum absolute atomic E-state index is 11.5. The Bertz CT molecular complexity index is 1720. The van der Waals surface area contributed by atoms with E-state index in [0.29, 0.717) is 11.5 Å². The molecule has 0 spiro atoms. The summed E-state index contributed by atoms with van der Waals surface area (Å²) in [7, 11) is 0. The Balaban J connectivity index is 1.46. The molecule has 5 aromatic carbocycles. The zero-order valence-electron chi connectivity index (χ0n) is 23.2. The predicted octanol–water partition coefficient (Wildman–Crippen LogP) is 8.98. The minimum Gasteiger partial charge on any atom is -0.423 e. The molecule has 0 amide bonds. The molecule has 0 fully saturated rings. The van der Waals surface area contributed by atoms with E-state index in [2.05, 4.69) is 91.7 Å². The summed E-state index contributed by atoms with van der Waals surface area (Å²) < 4.78 is 10.4. The van der Waals surface area contributed by atoms with Gasteiger partial charge in [-0.05, 0) is 89.8 Å². The van der Waals surface area contributed by atoms with Crippen molar-refractivity contribution in [2.24, 2.45) is 0 Å². The van der Waals surface area contributed by atoms with Crippen LogP contribution in [0.5, 0.6) is 11.5 Å². The summed E-state index contributed by atoms with van der Waals surface area (Å²) in [6.45, 7) is 8.94. The van der Waals surface area contributed by atoms with Crippen LogP contribution in [-0.4, -0.2) is 11.9 Å². The average Bonchev–Trinajstić information content (AvgIpc) is 3.03. The third-order valence-electron chi connectivity index (χ3n) is 6.67. The maximum Gasteiger partial charge on any atom is 0.335 e. The number of hydrogen-bond donors (Lipinski definition) is 0. The lowest BCUT2D eigenvalue weighted by molar-refractivity contribution is -0.129. The molecule has 0 aliphatic heterocycles. The molecule has 42 heavy (non-hydrogen) atoms. The molecule has 0 unspecified atom stereocenters. The Labute approximate surface area is 245 Å². The highest BCUT2D eigenvalue weighted by atomic mass is 16.5. The largest absolute Gasteiger partial charge is 0.423 e. The fraction of sp³-hybridized carbons (Fsp3) is 0.0270. The third-order valence-corrected chi connectivity index (χ3v) is 6.67. The first-order valence-corrected chi connectivity index (χ1v) is 13.4. The lowest BCUT2D eigenvalue weighted by Crippen LogP contribution is -2.10. The minimum atomic E-state index is -0.490. The Morgan fingerprint density at radius 1 is 0.548 bits per heavy atom. The van der Waals surface area contributed by atoms with E-state index >= 15 is 0 Å². The number of nitrogens with zero attached hydrogens (tertiary/aromatic N) is 1. The highest BCUT2D eigenvalue weighted by Gasteiger charge is 2.14. The van der Waals surface area contributed by atoms with E-state index in [1.165, 1.54) is 5.56 Å². The van der Waals surface area contributed by atoms with Crippen LogP contribution in [0.4, 0.5) is 17.1 Å². The van der Waals surface area contributed by atoms with E-state index in [1.807, 2.05) is 30.3 Å². The lowest BCUT2D eigenvalue weighted by Gasteiger charge is -2.26. The minimum absolute atomic E-state index is 0.466. The summed E-state index contributed by atoms with van der Waals surface area (Å²) in [5.41, 5.74) is 8.29. The maximum atomic E-state index is 11.5. The second-order valence-corrected chi connectivity index (χ2v) is 9.57. The standard InChI is InChI=1S/C37H29NO4/c1-4-36(39)41-34-21-13-28(14-22-34)27-11-19-32(20-12-27)38(31-17-9-26(3)10-18-31)33-8-6-7-30(25-33)29-15-23-35(24-16-29)42-37(40)5-2/h4-25H,1-2H2,3H3. The van der Waals surface area contributed by atoms with Gasteiger partial charge < -0.3 is 14.4 Å². The van der Waals surface area contributed by atoms with Crippen LogP contribution in [-0.2, 0) is 9.59 Å². The van der Waals surface area contributed by atoms with Gasteiger partial charge in [-0.25, -0.2) is 9.59 Å². The first kappa shape index (κ1) is 27.9. The van der Waals surface area contributed by atoms with Crippen molar-refractivity contribution in [2.75, 3.05) is 4.90 Å². The fourth-order valence-electron chi connectivity index (χ4n) is 4.52. The number of carbonyl (C=O) groups is 2. The number of esters is 2. The number of benzene rings is 5. The van der Waals surface area contributed by atoms with Crippen LogP contribution < -0.4 is 14.4 Å². The van der Waals surface area contributed by atoms with E-state index < -0.39 is 11.9 Å². The molecule has 0 atom stereocenters. The fourth-order valence-corrected chi connectivity index (χ4v) is 4.52. The van der Waals surface area contributed by atoms with Crippen LogP contribution in [0.2, 0.25) is 0 Å². The summed E-state index contributed by atoms with van der Waals surface area (Å²) in [6, 6.07) is 39.9. The molecule has 206 valence electrons. The lowest BCUT2D eigenvalue weighted by atomic mass is 10.0. The normalized spacial score (nSPS) is 10.4. The van der Waals surface area contributed by atoms with Crippen LogP contribution in [0, 0.1) is 6.92 Å². The van der Waals surface area contributed by atoms with Crippen LogP contribution in [0.15, 0.2) is 147 Å². The van der Waals surface area contributed by atoms with E-state index in [0.717, 1.165) is 51.5 Å². The van der Waals surface area contributed by atoms with Crippen LogP contribution in [0.25, 0.3) is 22.3 Å². The molecule has 0 bridgehead atoms. The summed E-state index contributed by atoms with van der Waals surface area (Å²) >= 11 is 0. The molecule has 0 saturated carbocycles. The van der Waals surface area contributed by atoms with Crippen LogP contribution in [0.1, 0.15) is 5.56 Å². The quantitative estimate of drug-likeness (QED) is 0.104. The summed E-state index contributed by atoms with van der Waals surface area (Å²) in [5.74, 6) is -0.0411. The molecule has 0 aliphatic rings. The Kier molecular flexibility index (Phi) is 8.40. The van der Waals surface area contributed by atoms with E-state index in [9.17, 15) is 9.59 Å². The highest BCUT2D eigenvalue weighted by Crippen LogP contribution is 2.38. The second kappa shape index (κ2) is 12.7.